The van der Waals surface area contributed by atoms with Crippen LogP contribution >= 0.6 is 0 Å². The molecule has 0 saturated heterocycles. The molecule has 27 heavy (non-hydrogen) atoms. The molecular weight excluding hydrogens is 342 g/mol. The minimum Gasteiger partial charge on any atom is -0.383 e. The Morgan fingerprint density at radius 1 is 1.15 bits per heavy atom. The molecule has 0 spiro atoms. The van der Waals surface area contributed by atoms with E-state index in [1.807, 2.05) is 54.3 Å². The van der Waals surface area contributed by atoms with Gasteiger partial charge in [-0.25, -0.2) is 4.79 Å². The monoisotopic (exact) mass is 367 g/mol. The minimum absolute atomic E-state index is 0.0138. The standard InChI is InChI=1S/C21H25N3O3/c1-15-4-3-5-18(12-15)20(25)24-10-8-17-7-6-16(13-19(17)24)14-23-21(26)22-9-11-27-2/h3-7,12-13H,8-11,14H2,1-2H3,(H2,22,23,26). The molecule has 0 saturated carbocycles. The lowest BCUT2D eigenvalue weighted by Gasteiger charge is -2.18. The quantitative estimate of drug-likeness (QED) is 0.771. The largest absolute Gasteiger partial charge is 0.383 e. The number of urea groups is 1. The minimum atomic E-state index is -0.236. The lowest BCUT2D eigenvalue weighted by molar-refractivity contribution is 0.0989. The topological polar surface area (TPSA) is 70.7 Å². The number of methoxy groups -OCH3 is 1. The third kappa shape index (κ3) is 4.65. The molecule has 3 rings (SSSR count). The normalized spacial score (nSPS) is 12.6. The zero-order valence-electron chi connectivity index (χ0n) is 15.7. The van der Waals surface area contributed by atoms with E-state index in [2.05, 4.69) is 10.6 Å². The van der Waals surface area contributed by atoms with Gasteiger partial charge >= 0.3 is 6.03 Å². The Morgan fingerprint density at radius 2 is 2.00 bits per heavy atom. The summed E-state index contributed by atoms with van der Waals surface area (Å²) in [5.74, 6) is 0.0138. The number of ether oxygens (including phenoxy) is 1. The van der Waals surface area contributed by atoms with E-state index in [-0.39, 0.29) is 11.9 Å². The van der Waals surface area contributed by atoms with Gasteiger partial charge in [0.25, 0.3) is 5.91 Å². The molecule has 2 aromatic carbocycles. The van der Waals surface area contributed by atoms with Crippen molar-refractivity contribution < 1.29 is 14.3 Å². The summed E-state index contributed by atoms with van der Waals surface area (Å²) in [6.07, 6.45) is 0.845. The van der Waals surface area contributed by atoms with Crippen LogP contribution in [0.5, 0.6) is 0 Å². The molecule has 1 aliphatic heterocycles. The molecule has 6 nitrogen and oxygen atoms in total. The summed E-state index contributed by atoms with van der Waals surface area (Å²) in [5, 5.41) is 5.54. The summed E-state index contributed by atoms with van der Waals surface area (Å²) in [6, 6.07) is 13.4. The lowest BCUT2D eigenvalue weighted by Crippen LogP contribution is -2.36. The third-order valence-corrected chi connectivity index (χ3v) is 4.60. The summed E-state index contributed by atoms with van der Waals surface area (Å²) in [4.78, 5) is 26.5. The number of fused-ring (bicyclic) bond motifs is 1. The second kappa shape index (κ2) is 8.68. The van der Waals surface area contributed by atoms with Crippen LogP contribution in [0.25, 0.3) is 0 Å². The predicted molar refractivity (Wildman–Crippen MR) is 105 cm³/mol. The fourth-order valence-electron chi connectivity index (χ4n) is 3.19. The van der Waals surface area contributed by atoms with Gasteiger partial charge in [0.2, 0.25) is 0 Å². The first-order valence-corrected chi connectivity index (χ1v) is 9.09. The maximum absolute atomic E-state index is 12.9. The van der Waals surface area contributed by atoms with Crippen LogP contribution in [0.1, 0.15) is 27.0 Å². The second-order valence-corrected chi connectivity index (χ2v) is 6.64. The Hall–Kier alpha value is -2.86. The lowest BCUT2D eigenvalue weighted by atomic mass is 10.1. The Morgan fingerprint density at radius 3 is 2.78 bits per heavy atom. The van der Waals surface area contributed by atoms with Crippen molar-refractivity contribution in [2.24, 2.45) is 0 Å². The molecule has 0 radical (unpaired) electrons. The molecule has 0 bridgehead atoms. The zero-order chi connectivity index (χ0) is 19.2. The van der Waals surface area contributed by atoms with Crippen LogP contribution in [-0.4, -0.2) is 38.7 Å². The fraction of sp³-hybridized carbons (Fsp3) is 0.333. The number of nitrogens with zero attached hydrogens (tertiary/aromatic N) is 1. The smallest absolute Gasteiger partial charge is 0.315 e. The molecule has 0 fully saturated rings. The highest BCUT2D eigenvalue weighted by Crippen LogP contribution is 2.30. The molecule has 142 valence electrons. The van der Waals surface area contributed by atoms with E-state index in [9.17, 15) is 9.59 Å². The Kier molecular flexibility index (Phi) is 6.08. The van der Waals surface area contributed by atoms with Crippen molar-refractivity contribution in [1.29, 1.82) is 0 Å². The maximum Gasteiger partial charge on any atom is 0.315 e. The summed E-state index contributed by atoms with van der Waals surface area (Å²) < 4.78 is 4.90. The van der Waals surface area contributed by atoms with Crippen LogP contribution in [0.3, 0.4) is 0 Å². The van der Waals surface area contributed by atoms with E-state index < -0.39 is 0 Å². The SMILES string of the molecule is COCCNC(=O)NCc1ccc2c(c1)N(C(=O)c1cccc(C)c1)CC2. The summed E-state index contributed by atoms with van der Waals surface area (Å²) in [6.45, 7) is 4.00. The summed E-state index contributed by atoms with van der Waals surface area (Å²) in [7, 11) is 1.59. The van der Waals surface area contributed by atoms with Gasteiger partial charge in [0.05, 0.1) is 6.61 Å². The summed E-state index contributed by atoms with van der Waals surface area (Å²) in [5.41, 5.74) is 4.81. The molecule has 0 aromatic heterocycles. The highest BCUT2D eigenvalue weighted by atomic mass is 16.5. The molecular formula is C21H25N3O3. The second-order valence-electron chi connectivity index (χ2n) is 6.64. The molecule has 3 amide bonds. The molecule has 0 unspecified atom stereocenters. The van der Waals surface area contributed by atoms with Gasteiger partial charge in [-0.1, -0.05) is 29.8 Å². The fourth-order valence-corrected chi connectivity index (χ4v) is 3.19. The van der Waals surface area contributed by atoms with Crippen molar-refractivity contribution >= 4 is 17.6 Å². The number of amides is 3. The first-order chi connectivity index (χ1) is 13.1. The Bertz CT molecular complexity index is 835. The highest BCUT2D eigenvalue weighted by Gasteiger charge is 2.25. The first kappa shape index (κ1) is 18.9. The number of aryl methyl sites for hydroxylation is 1. The van der Waals surface area contributed by atoms with Gasteiger partial charge in [0, 0.05) is 38.0 Å². The van der Waals surface area contributed by atoms with E-state index in [0.29, 0.717) is 31.8 Å². The van der Waals surface area contributed by atoms with E-state index in [4.69, 9.17) is 4.74 Å². The number of anilines is 1. The van der Waals surface area contributed by atoms with E-state index in [1.165, 1.54) is 0 Å². The number of carbonyl (C=O) groups excluding carboxylic acids is 2. The summed E-state index contributed by atoms with van der Waals surface area (Å²) >= 11 is 0. The molecule has 1 heterocycles. The van der Waals surface area contributed by atoms with Crippen molar-refractivity contribution in [2.75, 3.05) is 31.7 Å². The third-order valence-electron chi connectivity index (χ3n) is 4.60. The highest BCUT2D eigenvalue weighted by molar-refractivity contribution is 6.07. The van der Waals surface area contributed by atoms with Crippen LogP contribution < -0.4 is 15.5 Å². The maximum atomic E-state index is 12.9. The van der Waals surface area contributed by atoms with Crippen LogP contribution in [0.15, 0.2) is 42.5 Å². The Labute approximate surface area is 159 Å². The number of benzene rings is 2. The molecule has 1 aliphatic rings. The van der Waals surface area contributed by atoms with Crippen molar-refractivity contribution in [2.45, 2.75) is 19.9 Å². The Balaban J connectivity index is 1.68. The number of carbonyl (C=O) groups is 2. The average Bonchev–Trinajstić information content (AvgIpc) is 3.09. The van der Waals surface area contributed by atoms with E-state index >= 15 is 0 Å². The van der Waals surface area contributed by atoms with Crippen molar-refractivity contribution in [3.8, 4) is 0 Å². The van der Waals surface area contributed by atoms with E-state index in [0.717, 1.165) is 28.8 Å². The number of hydrogen-bond donors (Lipinski definition) is 2. The predicted octanol–water partition coefficient (Wildman–Crippen LogP) is 2.64. The van der Waals surface area contributed by atoms with Crippen LogP contribution in [0, 0.1) is 6.92 Å². The van der Waals surface area contributed by atoms with Crippen molar-refractivity contribution in [3.05, 3.63) is 64.7 Å². The van der Waals surface area contributed by atoms with Crippen LogP contribution in [0.4, 0.5) is 10.5 Å². The van der Waals surface area contributed by atoms with Crippen molar-refractivity contribution in [3.63, 3.8) is 0 Å². The molecule has 0 atom stereocenters. The molecule has 6 heteroatoms. The van der Waals surface area contributed by atoms with Gasteiger partial charge in [0.1, 0.15) is 0 Å². The van der Waals surface area contributed by atoms with Crippen molar-refractivity contribution in [1.82, 2.24) is 10.6 Å². The van der Waals surface area contributed by atoms with Gasteiger partial charge in [-0.15, -0.1) is 0 Å². The average molecular weight is 367 g/mol. The molecule has 2 N–H and O–H groups in total. The van der Waals surface area contributed by atoms with Gasteiger partial charge in [0.15, 0.2) is 0 Å². The molecule has 0 aliphatic carbocycles. The van der Waals surface area contributed by atoms with E-state index in [1.54, 1.807) is 7.11 Å². The number of nitrogens with one attached hydrogen (secondary N) is 2. The molecule has 2 aromatic rings. The van der Waals surface area contributed by atoms with Crippen LogP contribution in [-0.2, 0) is 17.7 Å². The van der Waals surface area contributed by atoms with Gasteiger partial charge in [-0.05, 0) is 42.7 Å². The number of hydrogen-bond acceptors (Lipinski definition) is 3. The van der Waals surface area contributed by atoms with Gasteiger partial charge in [-0.2, -0.15) is 0 Å². The number of rotatable bonds is 6. The van der Waals surface area contributed by atoms with Gasteiger partial charge in [-0.3, -0.25) is 4.79 Å². The van der Waals surface area contributed by atoms with Gasteiger partial charge < -0.3 is 20.3 Å². The van der Waals surface area contributed by atoms with Crippen LogP contribution in [0.2, 0.25) is 0 Å². The first-order valence-electron chi connectivity index (χ1n) is 9.09. The zero-order valence-corrected chi connectivity index (χ0v) is 15.7.